The highest BCUT2D eigenvalue weighted by Crippen LogP contribution is 2.22. The van der Waals surface area contributed by atoms with E-state index in [1.165, 1.54) is 6.42 Å². The quantitative estimate of drug-likeness (QED) is 0.766. The standard InChI is InChI=1S/C19H27NO4/c1-2-17(24-15-11-7-4-8-12-15)18(21)20-13-16(19(22)23)14-9-5-3-6-10-14/h3,5-6,9-10,15-17H,2,4,7-8,11-13H2,1H3,(H,20,21)(H,22,23). The lowest BCUT2D eigenvalue weighted by Crippen LogP contribution is -2.41. The molecule has 2 atom stereocenters. The molecule has 5 nitrogen and oxygen atoms in total. The summed E-state index contributed by atoms with van der Waals surface area (Å²) < 4.78 is 5.94. The number of amides is 1. The van der Waals surface area contributed by atoms with Crippen molar-refractivity contribution in [1.29, 1.82) is 0 Å². The second-order valence-corrected chi connectivity index (χ2v) is 6.34. The Morgan fingerprint density at radius 1 is 1.21 bits per heavy atom. The molecule has 0 saturated heterocycles. The van der Waals surface area contributed by atoms with Crippen molar-refractivity contribution in [2.24, 2.45) is 0 Å². The maximum atomic E-state index is 12.4. The Morgan fingerprint density at radius 3 is 2.46 bits per heavy atom. The third kappa shape index (κ3) is 5.34. The zero-order valence-corrected chi connectivity index (χ0v) is 14.2. The molecule has 132 valence electrons. The zero-order chi connectivity index (χ0) is 17.4. The maximum absolute atomic E-state index is 12.4. The number of carboxylic acids is 1. The molecule has 0 heterocycles. The number of aliphatic carboxylic acids is 1. The molecule has 2 N–H and O–H groups in total. The van der Waals surface area contributed by atoms with Crippen LogP contribution in [0.2, 0.25) is 0 Å². The molecule has 1 aromatic rings. The SMILES string of the molecule is CCC(OC1CCCCC1)C(=O)NCC(C(=O)O)c1ccccc1. The lowest BCUT2D eigenvalue weighted by atomic mass is 9.97. The minimum absolute atomic E-state index is 0.0721. The Bertz CT molecular complexity index is 525. The van der Waals surface area contributed by atoms with E-state index >= 15 is 0 Å². The van der Waals surface area contributed by atoms with Gasteiger partial charge in [-0.25, -0.2) is 0 Å². The molecule has 1 aliphatic rings. The first kappa shape index (κ1) is 18.5. The summed E-state index contributed by atoms with van der Waals surface area (Å²) in [5.74, 6) is -1.91. The van der Waals surface area contributed by atoms with Gasteiger partial charge in [0.1, 0.15) is 6.10 Å². The highest BCUT2D eigenvalue weighted by Gasteiger charge is 2.26. The Balaban J connectivity index is 1.90. The number of ether oxygens (including phenoxy) is 1. The van der Waals surface area contributed by atoms with Gasteiger partial charge in [0.2, 0.25) is 5.91 Å². The van der Waals surface area contributed by atoms with E-state index in [-0.39, 0.29) is 18.6 Å². The first-order chi connectivity index (χ1) is 11.6. The van der Waals surface area contributed by atoms with Gasteiger partial charge in [-0.1, -0.05) is 56.5 Å². The summed E-state index contributed by atoms with van der Waals surface area (Å²) in [5.41, 5.74) is 0.687. The number of hydrogen-bond donors (Lipinski definition) is 2. The average molecular weight is 333 g/mol. The van der Waals surface area contributed by atoms with Gasteiger partial charge in [-0.2, -0.15) is 0 Å². The molecular formula is C19H27NO4. The second kappa shape index (κ2) is 9.42. The summed E-state index contributed by atoms with van der Waals surface area (Å²) in [5, 5.41) is 12.2. The van der Waals surface area contributed by atoms with Crippen LogP contribution >= 0.6 is 0 Å². The summed E-state index contributed by atoms with van der Waals surface area (Å²) in [6.07, 6.45) is 5.79. The van der Waals surface area contributed by atoms with E-state index in [0.29, 0.717) is 12.0 Å². The second-order valence-electron chi connectivity index (χ2n) is 6.34. The molecule has 1 aromatic carbocycles. The van der Waals surface area contributed by atoms with E-state index in [4.69, 9.17) is 4.74 Å². The summed E-state index contributed by atoms with van der Waals surface area (Å²) in [7, 11) is 0. The first-order valence-electron chi connectivity index (χ1n) is 8.82. The van der Waals surface area contributed by atoms with Crippen LogP contribution in [0.25, 0.3) is 0 Å². The summed E-state index contributed by atoms with van der Waals surface area (Å²) >= 11 is 0. The molecule has 1 saturated carbocycles. The van der Waals surface area contributed by atoms with Gasteiger partial charge in [0, 0.05) is 6.54 Å². The Morgan fingerprint density at radius 2 is 1.88 bits per heavy atom. The minimum atomic E-state index is -0.942. The first-order valence-corrected chi connectivity index (χ1v) is 8.82. The fourth-order valence-corrected chi connectivity index (χ4v) is 3.13. The van der Waals surface area contributed by atoms with E-state index in [1.54, 1.807) is 24.3 Å². The van der Waals surface area contributed by atoms with Crippen molar-refractivity contribution in [2.45, 2.75) is 63.6 Å². The molecule has 1 amide bonds. The normalized spacial score (nSPS) is 17.9. The minimum Gasteiger partial charge on any atom is -0.481 e. The van der Waals surface area contributed by atoms with Crippen molar-refractivity contribution in [3.05, 3.63) is 35.9 Å². The molecule has 0 radical (unpaired) electrons. The molecule has 2 unspecified atom stereocenters. The third-order valence-corrected chi connectivity index (χ3v) is 4.55. The van der Waals surface area contributed by atoms with Gasteiger partial charge in [0.25, 0.3) is 0 Å². The van der Waals surface area contributed by atoms with Crippen molar-refractivity contribution < 1.29 is 19.4 Å². The van der Waals surface area contributed by atoms with Crippen molar-refractivity contribution in [2.75, 3.05) is 6.54 Å². The summed E-state index contributed by atoms with van der Waals surface area (Å²) in [4.78, 5) is 23.9. The van der Waals surface area contributed by atoms with Crippen molar-refractivity contribution in [3.63, 3.8) is 0 Å². The molecule has 0 bridgehead atoms. The smallest absolute Gasteiger partial charge is 0.312 e. The van der Waals surface area contributed by atoms with Crippen LogP contribution in [0.15, 0.2) is 30.3 Å². The molecule has 0 aromatic heterocycles. The van der Waals surface area contributed by atoms with Crippen LogP contribution in [0.5, 0.6) is 0 Å². The van der Waals surface area contributed by atoms with Gasteiger partial charge < -0.3 is 15.2 Å². The third-order valence-electron chi connectivity index (χ3n) is 4.55. The predicted octanol–water partition coefficient (Wildman–Crippen LogP) is 3.10. The Kier molecular flexibility index (Phi) is 7.25. The van der Waals surface area contributed by atoms with Crippen LogP contribution in [0.3, 0.4) is 0 Å². The summed E-state index contributed by atoms with van der Waals surface area (Å²) in [6, 6.07) is 8.97. The van der Waals surface area contributed by atoms with E-state index in [0.717, 1.165) is 25.7 Å². The van der Waals surface area contributed by atoms with Gasteiger partial charge in [-0.15, -0.1) is 0 Å². The largest absolute Gasteiger partial charge is 0.481 e. The molecule has 5 heteroatoms. The lowest BCUT2D eigenvalue weighted by Gasteiger charge is -2.27. The average Bonchev–Trinajstić information content (AvgIpc) is 2.61. The molecule has 24 heavy (non-hydrogen) atoms. The van der Waals surface area contributed by atoms with Crippen LogP contribution in [0, 0.1) is 0 Å². The fraction of sp³-hybridized carbons (Fsp3) is 0.579. The van der Waals surface area contributed by atoms with E-state index in [1.807, 2.05) is 13.0 Å². The molecule has 0 aliphatic heterocycles. The predicted molar refractivity (Wildman–Crippen MR) is 91.9 cm³/mol. The number of hydrogen-bond acceptors (Lipinski definition) is 3. The maximum Gasteiger partial charge on any atom is 0.312 e. The number of carboxylic acid groups (broad SMARTS) is 1. The van der Waals surface area contributed by atoms with Gasteiger partial charge in [-0.3, -0.25) is 9.59 Å². The highest BCUT2D eigenvalue weighted by molar-refractivity contribution is 5.82. The Hall–Kier alpha value is -1.88. The zero-order valence-electron chi connectivity index (χ0n) is 14.2. The van der Waals surface area contributed by atoms with Crippen LogP contribution in [-0.4, -0.2) is 35.7 Å². The van der Waals surface area contributed by atoms with Crippen LogP contribution in [0.1, 0.15) is 56.9 Å². The molecule has 1 fully saturated rings. The van der Waals surface area contributed by atoms with E-state index in [9.17, 15) is 14.7 Å². The lowest BCUT2D eigenvalue weighted by molar-refractivity contribution is -0.140. The molecular weight excluding hydrogens is 306 g/mol. The van der Waals surface area contributed by atoms with Gasteiger partial charge in [0.05, 0.1) is 12.0 Å². The van der Waals surface area contributed by atoms with Crippen LogP contribution in [0.4, 0.5) is 0 Å². The molecule has 0 spiro atoms. The number of rotatable bonds is 8. The monoisotopic (exact) mass is 333 g/mol. The van der Waals surface area contributed by atoms with Crippen molar-refractivity contribution >= 4 is 11.9 Å². The Labute approximate surface area is 143 Å². The number of nitrogens with one attached hydrogen (secondary N) is 1. The van der Waals surface area contributed by atoms with E-state index in [2.05, 4.69) is 5.32 Å². The summed E-state index contributed by atoms with van der Waals surface area (Å²) in [6.45, 7) is 1.99. The molecule has 2 rings (SSSR count). The van der Waals surface area contributed by atoms with Crippen LogP contribution in [-0.2, 0) is 14.3 Å². The van der Waals surface area contributed by atoms with E-state index < -0.39 is 18.0 Å². The number of carbonyl (C=O) groups is 2. The topological polar surface area (TPSA) is 75.6 Å². The molecule has 1 aliphatic carbocycles. The van der Waals surface area contributed by atoms with Gasteiger partial charge in [0.15, 0.2) is 0 Å². The van der Waals surface area contributed by atoms with Gasteiger partial charge >= 0.3 is 5.97 Å². The van der Waals surface area contributed by atoms with Gasteiger partial charge in [-0.05, 0) is 24.8 Å². The van der Waals surface area contributed by atoms with Crippen molar-refractivity contribution in [1.82, 2.24) is 5.32 Å². The number of benzene rings is 1. The van der Waals surface area contributed by atoms with Crippen molar-refractivity contribution in [3.8, 4) is 0 Å². The number of carbonyl (C=O) groups excluding carboxylic acids is 1. The fourth-order valence-electron chi connectivity index (χ4n) is 3.13. The highest BCUT2D eigenvalue weighted by atomic mass is 16.5. The van der Waals surface area contributed by atoms with Crippen LogP contribution < -0.4 is 5.32 Å².